The number of hydrogen-bond donors (Lipinski definition) is 2. The molecule has 1 atom stereocenters. The fourth-order valence-corrected chi connectivity index (χ4v) is 4.92. The summed E-state index contributed by atoms with van der Waals surface area (Å²) in [6, 6.07) is 16.1. The molecule has 0 bridgehead atoms. The highest BCUT2D eigenvalue weighted by Crippen LogP contribution is 2.26. The van der Waals surface area contributed by atoms with Crippen molar-refractivity contribution < 1.29 is 13.2 Å². The van der Waals surface area contributed by atoms with E-state index in [4.69, 9.17) is 23.2 Å². The molecular formula is C22H20Cl2N4O3S. The number of halogens is 2. The van der Waals surface area contributed by atoms with Gasteiger partial charge in [-0.3, -0.25) is 9.52 Å². The van der Waals surface area contributed by atoms with Crippen molar-refractivity contribution >= 4 is 50.6 Å². The average Bonchev–Trinajstić information content (AvgIpc) is 3.24. The highest BCUT2D eigenvalue weighted by molar-refractivity contribution is 7.92. The molecule has 1 aliphatic heterocycles. The van der Waals surface area contributed by atoms with Crippen LogP contribution < -0.4 is 14.9 Å². The fraction of sp³-hybridized carbons (Fsp3) is 0.182. The van der Waals surface area contributed by atoms with E-state index in [2.05, 4.69) is 19.9 Å². The molecule has 0 radical (unpaired) electrons. The number of benzene rings is 2. The lowest BCUT2D eigenvalue weighted by Crippen LogP contribution is -2.37. The number of amides is 1. The van der Waals surface area contributed by atoms with Gasteiger partial charge in [0.1, 0.15) is 5.82 Å². The van der Waals surface area contributed by atoms with Crippen LogP contribution in [0.2, 0.25) is 10.0 Å². The lowest BCUT2D eigenvalue weighted by Gasteiger charge is -2.18. The first-order valence-electron chi connectivity index (χ1n) is 9.86. The van der Waals surface area contributed by atoms with E-state index < -0.39 is 10.0 Å². The van der Waals surface area contributed by atoms with Gasteiger partial charge in [0.25, 0.3) is 15.9 Å². The van der Waals surface area contributed by atoms with E-state index in [1.807, 2.05) is 18.2 Å². The maximum Gasteiger partial charge on any atom is 0.261 e. The second-order valence-electron chi connectivity index (χ2n) is 7.36. The minimum absolute atomic E-state index is 0.0256. The van der Waals surface area contributed by atoms with Crippen LogP contribution in [0.25, 0.3) is 0 Å². The van der Waals surface area contributed by atoms with E-state index in [-0.39, 0.29) is 32.6 Å². The number of hydrogen-bond acceptors (Lipinski definition) is 5. The molecule has 2 heterocycles. The molecule has 7 nitrogen and oxygen atoms in total. The molecule has 1 unspecified atom stereocenters. The molecule has 1 aromatic heterocycles. The largest absolute Gasteiger partial charge is 0.354 e. The zero-order valence-corrected chi connectivity index (χ0v) is 19.2. The van der Waals surface area contributed by atoms with Crippen LogP contribution in [-0.4, -0.2) is 38.4 Å². The lowest BCUT2D eigenvalue weighted by molar-refractivity contribution is 0.0940. The highest BCUT2D eigenvalue weighted by Gasteiger charge is 2.25. The number of pyridine rings is 1. The summed E-state index contributed by atoms with van der Waals surface area (Å²) >= 11 is 11.8. The standard InChI is InChI=1S/C22H20Cl2N4O3S/c23-19-8-7-18(13-20(19)24)32(30,31)27-16-5-3-4-15(12-16)22(29)26-17-9-11-28(14-17)21-6-1-2-10-25-21/h1-8,10,12-13,17,27H,9,11,14H2,(H,26,29). The van der Waals surface area contributed by atoms with E-state index in [9.17, 15) is 13.2 Å². The maximum absolute atomic E-state index is 12.8. The number of carbonyl (C=O) groups excluding carboxylic acids is 1. The Kier molecular flexibility index (Phi) is 6.55. The first-order chi connectivity index (χ1) is 15.3. The molecular weight excluding hydrogens is 471 g/mol. The molecule has 1 saturated heterocycles. The molecule has 0 aliphatic carbocycles. The molecule has 2 aromatic carbocycles. The monoisotopic (exact) mass is 490 g/mol. The van der Waals surface area contributed by atoms with Crippen molar-refractivity contribution in [3.63, 3.8) is 0 Å². The molecule has 0 spiro atoms. The molecule has 1 aliphatic rings. The second kappa shape index (κ2) is 9.36. The Morgan fingerprint density at radius 3 is 2.62 bits per heavy atom. The summed E-state index contributed by atoms with van der Waals surface area (Å²) in [5, 5.41) is 3.41. The van der Waals surface area contributed by atoms with Crippen LogP contribution in [-0.2, 0) is 10.0 Å². The van der Waals surface area contributed by atoms with E-state index >= 15 is 0 Å². The van der Waals surface area contributed by atoms with Crippen molar-refractivity contribution in [3.05, 3.63) is 82.5 Å². The summed E-state index contributed by atoms with van der Waals surface area (Å²) < 4.78 is 27.8. The van der Waals surface area contributed by atoms with Gasteiger partial charge in [-0.2, -0.15) is 0 Å². The number of anilines is 2. The Labute approximate surface area is 196 Å². The molecule has 0 saturated carbocycles. The Hall–Kier alpha value is -2.81. The van der Waals surface area contributed by atoms with Crippen LogP contribution in [0.1, 0.15) is 16.8 Å². The van der Waals surface area contributed by atoms with Gasteiger partial charge in [0, 0.05) is 36.6 Å². The van der Waals surface area contributed by atoms with E-state index in [1.165, 1.54) is 24.3 Å². The number of carbonyl (C=O) groups is 1. The van der Waals surface area contributed by atoms with Crippen molar-refractivity contribution in [2.24, 2.45) is 0 Å². The molecule has 32 heavy (non-hydrogen) atoms. The number of rotatable bonds is 6. The smallest absolute Gasteiger partial charge is 0.261 e. The van der Waals surface area contributed by atoms with Crippen molar-refractivity contribution in [1.29, 1.82) is 0 Å². The summed E-state index contributed by atoms with van der Waals surface area (Å²) in [4.78, 5) is 19.2. The van der Waals surface area contributed by atoms with Gasteiger partial charge in [-0.25, -0.2) is 13.4 Å². The summed E-state index contributed by atoms with van der Waals surface area (Å²) in [5.41, 5.74) is 0.626. The molecule has 4 rings (SSSR count). The number of aromatic nitrogens is 1. The van der Waals surface area contributed by atoms with Crippen LogP contribution in [0.15, 0.2) is 71.8 Å². The van der Waals surface area contributed by atoms with Crippen molar-refractivity contribution in [2.45, 2.75) is 17.4 Å². The molecule has 1 fully saturated rings. The summed E-state index contributed by atoms with van der Waals surface area (Å²) in [5.74, 6) is 0.608. The van der Waals surface area contributed by atoms with Crippen molar-refractivity contribution in [1.82, 2.24) is 10.3 Å². The van der Waals surface area contributed by atoms with Gasteiger partial charge < -0.3 is 10.2 Å². The zero-order valence-electron chi connectivity index (χ0n) is 16.8. The minimum atomic E-state index is -3.89. The normalized spacial score (nSPS) is 16.1. The number of nitrogens with one attached hydrogen (secondary N) is 2. The Morgan fingerprint density at radius 2 is 1.88 bits per heavy atom. The first kappa shape index (κ1) is 22.4. The molecule has 166 valence electrons. The minimum Gasteiger partial charge on any atom is -0.354 e. The second-order valence-corrected chi connectivity index (χ2v) is 9.85. The maximum atomic E-state index is 12.8. The summed E-state index contributed by atoms with van der Waals surface area (Å²) in [6.07, 6.45) is 2.54. The molecule has 3 aromatic rings. The first-order valence-corrected chi connectivity index (χ1v) is 12.1. The van der Waals surface area contributed by atoms with Crippen LogP contribution >= 0.6 is 23.2 Å². The third kappa shape index (κ3) is 5.15. The lowest BCUT2D eigenvalue weighted by atomic mass is 10.1. The Morgan fingerprint density at radius 1 is 1.03 bits per heavy atom. The van der Waals surface area contributed by atoms with E-state index in [0.29, 0.717) is 12.1 Å². The predicted molar refractivity (Wildman–Crippen MR) is 126 cm³/mol. The van der Waals surface area contributed by atoms with Gasteiger partial charge in [-0.15, -0.1) is 0 Å². The fourth-order valence-electron chi connectivity index (χ4n) is 3.48. The highest BCUT2D eigenvalue weighted by atomic mass is 35.5. The SMILES string of the molecule is O=C(NC1CCN(c2ccccn2)C1)c1cccc(NS(=O)(=O)c2ccc(Cl)c(Cl)c2)c1. The third-order valence-electron chi connectivity index (χ3n) is 5.08. The van der Waals surface area contributed by atoms with Crippen LogP contribution in [0.4, 0.5) is 11.5 Å². The van der Waals surface area contributed by atoms with Gasteiger partial charge in [-0.05, 0) is 55.0 Å². The van der Waals surface area contributed by atoms with Gasteiger partial charge >= 0.3 is 0 Å². The van der Waals surface area contributed by atoms with Gasteiger partial charge in [0.2, 0.25) is 0 Å². The molecule has 1 amide bonds. The molecule has 10 heteroatoms. The van der Waals surface area contributed by atoms with Crippen molar-refractivity contribution in [3.8, 4) is 0 Å². The Bertz CT molecular complexity index is 1240. The topological polar surface area (TPSA) is 91.4 Å². The van der Waals surface area contributed by atoms with E-state index in [1.54, 1.807) is 24.4 Å². The van der Waals surface area contributed by atoms with Crippen molar-refractivity contribution in [2.75, 3.05) is 22.7 Å². The quantitative estimate of drug-likeness (QED) is 0.540. The van der Waals surface area contributed by atoms with E-state index in [0.717, 1.165) is 18.8 Å². The van der Waals surface area contributed by atoms with Gasteiger partial charge in [0.05, 0.1) is 14.9 Å². The third-order valence-corrected chi connectivity index (χ3v) is 7.19. The predicted octanol–water partition coefficient (Wildman–Crippen LogP) is 4.20. The van der Waals surface area contributed by atoms with Gasteiger partial charge in [-0.1, -0.05) is 35.3 Å². The summed E-state index contributed by atoms with van der Waals surface area (Å²) in [7, 11) is -3.89. The number of sulfonamides is 1. The summed E-state index contributed by atoms with van der Waals surface area (Å²) in [6.45, 7) is 1.46. The molecule has 2 N–H and O–H groups in total. The van der Waals surface area contributed by atoms with Crippen LogP contribution in [0.3, 0.4) is 0 Å². The van der Waals surface area contributed by atoms with Crippen LogP contribution in [0, 0.1) is 0 Å². The van der Waals surface area contributed by atoms with Crippen LogP contribution in [0.5, 0.6) is 0 Å². The average molecular weight is 491 g/mol. The number of nitrogens with zero attached hydrogens (tertiary/aromatic N) is 2. The zero-order chi connectivity index (χ0) is 22.7. The Balaban J connectivity index is 1.42. The van der Waals surface area contributed by atoms with Gasteiger partial charge in [0.15, 0.2) is 0 Å².